The molecule has 0 aliphatic rings. The van der Waals surface area contributed by atoms with E-state index in [0.29, 0.717) is 13.0 Å². The van der Waals surface area contributed by atoms with Crippen LogP contribution in [0.4, 0.5) is 0 Å². The SMILES string of the molecule is Cc1nn(C)c(C)c1CC(=O)NC(C)(CN)C(C)C.Cl.Cl. The average molecular weight is 339 g/mol. The monoisotopic (exact) mass is 338 g/mol. The van der Waals surface area contributed by atoms with Crippen LogP contribution in [0.3, 0.4) is 0 Å². The molecule has 1 rings (SSSR count). The third kappa shape index (κ3) is 5.16. The normalized spacial score (nSPS) is 13.1. The first kappa shape index (κ1) is 22.5. The number of hydrogen-bond acceptors (Lipinski definition) is 3. The number of aryl methyl sites for hydroxylation is 2. The van der Waals surface area contributed by atoms with Crippen LogP contribution in [0.2, 0.25) is 0 Å². The highest BCUT2D eigenvalue weighted by molar-refractivity contribution is 5.85. The molecule has 1 unspecified atom stereocenters. The zero-order chi connectivity index (χ0) is 14.8. The van der Waals surface area contributed by atoms with Crippen LogP contribution in [0.5, 0.6) is 0 Å². The lowest BCUT2D eigenvalue weighted by molar-refractivity contribution is -0.122. The molecule has 1 heterocycles. The highest BCUT2D eigenvalue weighted by Gasteiger charge is 2.29. The first-order valence-electron chi connectivity index (χ1n) is 6.71. The van der Waals surface area contributed by atoms with Crippen molar-refractivity contribution in [2.24, 2.45) is 18.7 Å². The topological polar surface area (TPSA) is 72.9 Å². The second-order valence-electron chi connectivity index (χ2n) is 5.77. The summed E-state index contributed by atoms with van der Waals surface area (Å²) in [6, 6.07) is 0. The third-order valence-electron chi connectivity index (χ3n) is 4.12. The Morgan fingerprint density at radius 1 is 1.38 bits per heavy atom. The van der Waals surface area contributed by atoms with Crippen molar-refractivity contribution in [2.45, 2.75) is 46.6 Å². The molecule has 0 aliphatic carbocycles. The van der Waals surface area contributed by atoms with E-state index in [1.54, 1.807) is 0 Å². The van der Waals surface area contributed by atoms with Crippen molar-refractivity contribution in [3.05, 3.63) is 17.0 Å². The molecular formula is C14H28Cl2N4O. The minimum atomic E-state index is -0.360. The second-order valence-corrected chi connectivity index (χ2v) is 5.77. The Hall–Kier alpha value is -0.780. The van der Waals surface area contributed by atoms with Crippen LogP contribution in [-0.4, -0.2) is 27.8 Å². The van der Waals surface area contributed by atoms with Gasteiger partial charge in [0.15, 0.2) is 0 Å². The van der Waals surface area contributed by atoms with Crippen molar-refractivity contribution in [1.29, 1.82) is 0 Å². The van der Waals surface area contributed by atoms with Crippen molar-refractivity contribution in [3.8, 4) is 0 Å². The summed E-state index contributed by atoms with van der Waals surface area (Å²) in [4.78, 5) is 12.2. The van der Waals surface area contributed by atoms with Crippen LogP contribution in [0.15, 0.2) is 0 Å². The molecule has 0 aromatic carbocycles. The van der Waals surface area contributed by atoms with E-state index in [4.69, 9.17) is 5.73 Å². The van der Waals surface area contributed by atoms with E-state index in [-0.39, 0.29) is 42.2 Å². The lowest BCUT2D eigenvalue weighted by Gasteiger charge is -2.33. The number of carbonyl (C=O) groups excluding carboxylic acids is 1. The van der Waals surface area contributed by atoms with Gasteiger partial charge in [-0.1, -0.05) is 13.8 Å². The van der Waals surface area contributed by atoms with Crippen LogP contribution in [-0.2, 0) is 18.3 Å². The number of rotatable bonds is 5. The van der Waals surface area contributed by atoms with E-state index in [1.165, 1.54) is 0 Å². The van der Waals surface area contributed by atoms with Crippen LogP contribution >= 0.6 is 24.8 Å². The van der Waals surface area contributed by atoms with Crippen LogP contribution in [0.25, 0.3) is 0 Å². The summed E-state index contributed by atoms with van der Waals surface area (Å²) in [6.07, 6.45) is 0.355. The molecule has 5 nitrogen and oxygen atoms in total. The lowest BCUT2D eigenvalue weighted by Crippen LogP contribution is -2.55. The molecule has 124 valence electrons. The molecule has 0 aliphatic heterocycles. The molecule has 0 spiro atoms. The van der Waals surface area contributed by atoms with Gasteiger partial charge < -0.3 is 11.1 Å². The van der Waals surface area contributed by atoms with Crippen molar-refractivity contribution < 1.29 is 4.79 Å². The molecule has 3 N–H and O–H groups in total. The number of nitrogens with zero attached hydrogens (tertiary/aromatic N) is 2. The Morgan fingerprint density at radius 3 is 2.24 bits per heavy atom. The summed E-state index contributed by atoms with van der Waals surface area (Å²) in [6.45, 7) is 10.5. The predicted octanol–water partition coefficient (Wildman–Crippen LogP) is 1.91. The van der Waals surface area contributed by atoms with Gasteiger partial charge >= 0.3 is 0 Å². The van der Waals surface area contributed by atoms with Gasteiger partial charge in [0.1, 0.15) is 0 Å². The molecule has 0 saturated carbocycles. The first-order chi connectivity index (χ1) is 8.71. The second kappa shape index (κ2) is 8.61. The van der Waals surface area contributed by atoms with E-state index in [2.05, 4.69) is 24.3 Å². The van der Waals surface area contributed by atoms with Gasteiger partial charge in [-0.05, 0) is 26.7 Å². The van der Waals surface area contributed by atoms with E-state index in [9.17, 15) is 4.79 Å². The number of carbonyl (C=O) groups is 1. The highest BCUT2D eigenvalue weighted by atomic mass is 35.5. The smallest absolute Gasteiger partial charge is 0.225 e. The molecular weight excluding hydrogens is 311 g/mol. The summed E-state index contributed by atoms with van der Waals surface area (Å²) in [5, 5.41) is 7.38. The van der Waals surface area contributed by atoms with Gasteiger partial charge in [0, 0.05) is 24.8 Å². The number of halogens is 2. The molecule has 0 radical (unpaired) electrons. The zero-order valence-electron chi connectivity index (χ0n) is 13.7. The molecule has 21 heavy (non-hydrogen) atoms. The van der Waals surface area contributed by atoms with E-state index in [0.717, 1.165) is 17.0 Å². The molecule has 1 aromatic heterocycles. The summed E-state index contributed by atoms with van der Waals surface area (Å²) >= 11 is 0. The molecule has 0 saturated heterocycles. The summed E-state index contributed by atoms with van der Waals surface area (Å²) < 4.78 is 1.81. The standard InChI is InChI=1S/C14H26N4O.2ClH/c1-9(2)14(5,8-15)16-13(19)7-12-10(3)17-18(6)11(12)4;;/h9H,7-8,15H2,1-6H3,(H,16,19);2*1H. The fraction of sp³-hybridized carbons (Fsp3) is 0.714. The first-order valence-corrected chi connectivity index (χ1v) is 6.71. The maximum absolute atomic E-state index is 12.2. The maximum atomic E-state index is 12.2. The van der Waals surface area contributed by atoms with Gasteiger partial charge in [-0.3, -0.25) is 9.48 Å². The van der Waals surface area contributed by atoms with Gasteiger partial charge in [0.2, 0.25) is 5.91 Å². The predicted molar refractivity (Wildman–Crippen MR) is 91.3 cm³/mol. The molecule has 0 bridgehead atoms. The van der Waals surface area contributed by atoms with E-state index < -0.39 is 0 Å². The van der Waals surface area contributed by atoms with Gasteiger partial charge in [-0.2, -0.15) is 5.10 Å². The van der Waals surface area contributed by atoms with E-state index >= 15 is 0 Å². The van der Waals surface area contributed by atoms with Crippen molar-refractivity contribution in [3.63, 3.8) is 0 Å². The summed E-state index contributed by atoms with van der Waals surface area (Å²) in [5.41, 5.74) is 8.37. The van der Waals surface area contributed by atoms with Crippen LogP contribution in [0.1, 0.15) is 37.7 Å². The van der Waals surface area contributed by atoms with Gasteiger partial charge in [-0.25, -0.2) is 0 Å². The Kier molecular flexibility index (Phi) is 9.23. The molecule has 0 fully saturated rings. The minimum Gasteiger partial charge on any atom is -0.349 e. The number of nitrogens with two attached hydrogens (primary N) is 1. The van der Waals surface area contributed by atoms with Gasteiger partial charge in [0.05, 0.1) is 17.7 Å². The van der Waals surface area contributed by atoms with Crippen LogP contribution in [0, 0.1) is 19.8 Å². The molecule has 1 amide bonds. The van der Waals surface area contributed by atoms with Crippen molar-refractivity contribution >= 4 is 30.7 Å². The number of aromatic nitrogens is 2. The van der Waals surface area contributed by atoms with Gasteiger partial charge in [-0.15, -0.1) is 24.8 Å². The summed E-state index contributed by atoms with van der Waals surface area (Å²) in [7, 11) is 1.89. The minimum absolute atomic E-state index is 0. The number of amides is 1. The van der Waals surface area contributed by atoms with Crippen molar-refractivity contribution in [2.75, 3.05) is 6.54 Å². The number of hydrogen-bond donors (Lipinski definition) is 2. The maximum Gasteiger partial charge on any atom is 0.225 e. The number of nitrogens with one attached hydrogen (secondary N) is 1. The van der Waals surface area contributed by atoms with Crippen molar-refractivity contribution in [1.82, 2.24) is 15.1 Å². The van der Waals surface area contributed by atoms with Crippen LogP contribution < -0.4 is 11.1 Å². The Labute approximate surface area is 139 Å². The largest absolute Gasteiger partial charge is 0.349 e. The Balaban J connectivity index is 0. The fourth-order valence-electron chi connectivity index (χ4n) is 2.03. The lowest BCUT2D eigenvalue weighted by atomic mass is 9.88. The van der Waals surface area contributed by atoms with Gasteiger partial charge in [0.25, 0.3) is 0 Å². The molecule has 7 heteroatoms. The fourth-order valence-corrected chi connectivity index (χ4v) is 2.03. The molecule has 1 atom stereocenters. The van der Waals surface area contributed by atoms with E-state index in [1.807, 2.05) is 32.5 Å². The molecule has 1 aromatic rings. The summed E-state index contributed by atoms with van der Waals surface area (Å²) in [5.74, 6) is 0.290. The Morgan fingerprint density at radius 2 is 1.90 bits per heavy atom. The Bertz CT molecular complexity index is 474. The zero-order valence-corrected chi connectivity index (χ0v) is 15.3. The third-order valence-corrected chi connectivity index (χ3v) is 4.12. The quantitative estimate of drug-likeness (QED) is 0.861. The highest BCUT2D eigenvalue weighted by Crippen LogP contribution is 2.17. The average Bonchev–Trinajstić information content (AvgIpc) is 2.55.